The second kappa shape index (κ2) is 7.47. The third kappa shape index (κ3) is 3.90. The van der Waals surface area contributed by atoms with Crippen molar-refractivity contribution in [2.24, 2.45) is 0 Å². The van der Waals surface area contributed by atoms with Gasteiger partial charge in [0.15, 0.2) is 11.6 Å². The van der Waals surface area contributed by atoms with Crippen LogP contribution in [-0.4, -0.2) is 6.54 Å². The van der Waals surface area contributed by atoms with E-state index in [1.165, 1.54) is 6.07 Å². The zero-order chi connectivity index (χ0) is 15.4. The van der Waals surface area contributed by atoms with Crippen LogP contribution < -0.4 is 5.32 Å². The molecule has 0 fully saturated rings. The molecule has 0 saturated heterocycles. The van der Waals surface area contributed by atoms with E-state index < -0.39 is 17.7 Å². The van der Waals surface area contributed by atoms with Gasteiger partial charge < -0.3 is 5.32 Å². The van der Waals surface area contributed by atoms with E-state index in [0.29, 0.717) is 12.1 Å². The van der Waals surface area contributed by atoms with Gasteiger partial charge in [0.25, 0.3) is 0 Å². The minimum Gasteiger partial charge on any atom is -0.306 e. The highest BCUT2D eigenvalue weighted by molar-refractivity contribution is 9.11. The van der Waals surface area contributed by atoms with E-state index in [-0.39, 0.29) is 0 Å². The number of hydrogen-bond acceptors (Lipinski definition) is 1. The number of benzene rings is 2. The number of hydrogen-bond donors (Lipinski definition) is 1. The Kier molecular flexibility index (Phi) is 5.90. The lowest BCUT2D eigenvalue weighted by molar-refractivity contribution is 0.480. The van der Waals surface area contributed by atoms with Gasteiger partial charge in [0.05, 0.1) is 6.04 Å². The summed E-state index contributed by atoms with van der Waals surface area (Å²) in [5.74, 6) is -1.63. The minimum atomic E-state index is -0.830. The normalized spacial score (nSPS) is 12.4. The second-order valence-electron chi connectivity index (χ2n) is 4.70. The number of halogens is 4. The highest BCUT2D eigenvalue weighted by Gasteiger charge is 2.21. The molecule has 0 aliphatic rings. The van der Waals surface area contributed by atoms with Crippen LogP contribution in [0.4, 0.5) is 8.78 Å². The summed E-state index contributed by atoms with van der Waals surface area (Å²) >= 11 is 6.89. The Balaban J connectivity index is 2.49. The number of rotatable bonds is 5. The Bertz CT molecular complexity index is 632. The summed E-state index contributed by atoms with van der Waals surface area (Å²) in [6.07, 6.45) is 0.904. The molecule has 112 valence electrons. The summed E-state index contributed by atoms with van der Waals surface area (Å²) in [6.45, 7) is 2.74. The first-order chi connectivity index (χ1) is 10.0. The van der Waals surface area contributed by atoms with Gasteiger partial charge in [0.1, 0.15) is 0 Å². The van der Waals surface area contributed by atoms with Crippen molar-refractivity contribution in [3.8, 4) is 0 Å². The first-order valence-electron chi connectivity index (χ1n) is 6.66. The van der Waals surface area contributed by atoms with Crippen LogP contribution in [0.15, 0.2) is 45.3 Å². The van der Waals surface area contributed by atoms with Gasteiger partial charge in [-0.2, -0.15) is 0 Å². The van der Waals surface area contributed by atoms with E-state index >= 15 is 0 Å². The molecule has 0 saturated carbocycles. The predicted molar refractivity (Wildman–Crippen MR) is 88.3 cm³/mol. The molecule has 0 aromatic heterocycles. The molecule has 1 unspecified atom stereocenters. The molecular weight excluding hydrogens is 404 g/mol. The second-order valence-corrected chi connectivity index (χ2v) is 6.47. The minimum absolute atomic E-state index is 0.312. The molecule has 21 heavy (non-hydrogen) atoms. The molecule has 2 aromatic carbocycles. The van der Waals surface area contributed by atoms with E-state index in [0.717, 1.165) is 27.0 Å². The van der Waals surface area contributed by atoms with E-state index in [4.69, 9.17) is 0 Å². The summed E-state index contributed by atoms with van der Waals surface area (Å²) in [7, 11) is 0. The van der Waals surface area contributed by atoms with Gasteiger partial charge in [-0.3, -0.25) is 0 Å². The summed E-state index contributed by atoms with van der Waals surface area (Å²) in [5.41, 5.74) is 1.18. The van der Waals surface area contributed by atoms with Crippen LogP contribution in [-0.2, 0) is 0 Å². The van der Waals surface area contributed by atoms with Crippen LogP contribution in [0.3, 0.4) is 0 Å². The fourth-order valence-corrected chi connectivity index (χ4v) is 3.43. The standard InChI is InChI=1S/C16H15Br2F2N/c1-2-8-21-16(11-7-6-10(17)9-13(11)18)12-4-3-5-14(19)15(12)20/h3-7,9,16,21H,2,8H2,1H3. The molecule has 0 amide bonds. The van der Waals surface area contributed by atoms with Crippen molar-refractivity contribution in [3.05, 3.63) is 68.1 Å². The molecule has 0 spiro atoms. The molecule has 1 nitrogen and oxygen atoms in total. The van der Waals surface area contributed by atoms with Crippen molar-refractivity contribution >= 4 is 31.9 Å². The molecule has 0 heterocycles. The van der Waals surface area contributed by atoms with Crippen molar-refractivity contribution in [1.29, 1.82) is 0 Å². The van der Waals surface area contributed by atoms with Crippen molar-refractivity contribution in [2.45, 2.75) is 19.4 Å². The van der Waals surface area contributed by atoms with Crippen LogP contribution in [0, 0.1) is 11.6 Å². The maximum atomic E-state index is 14.1. The summed E-state index contributed by atoms with van der Waals surface area (Å²) in [4.78, 5) is 0. The van der Waals surface area contributed by atoms with Crippen molar-refractivity contribution in [2.75, 3.05) is 6.54 Å². The first-order valence-corrected chi connectivity index (χ1v) is 8.25. The molecule has 0 bridgehead atoms. The molecular formula is C16H15Br2F2N. The molecule has 2 rings (SSSR count). The SMILES string of the molecule is CCCNC(c1ccc(Br)cc1Br)c1cccc(F)c1F. The molecule has 1 N–H and O–H groups in total. The monoisotopic (exact) mass is 417 g/mol. The Labute approximate surface area is 140 Å². The molecule has 0 aliphatic heterocycles. The van der Waals surface area contributed by atoms with Gasteiger partial charge in [0.2, 0.25) is 0 Å². The van der Waals surface area contributed by atoms with E-state index in [1.54, 1.807) is 6.07 Å². The fourth-order valence-electron chi connectivity index (χ4n) is 2.16. The summed E-state index contributed by atoms with van der Waals surface area (Å²) in [5, 5.41) is 3.28. The highest BCUT2D eigenvalue weighted by Crippen LogP contribution is 2.32. The molecule has 2 aromatic rings. The maximum Gasteiger partial charge on any atom is 0.163 e. The highest BCUT2D eigenvalue weighted by atomic mass is 79.9. The molecule has 0 aliphatic carbocycles. The van der Waals surface area contributed by atoms with Crippen molar-refractivity contribution < 1.29 is 8.78 Å². The van der Waals surface area contributed by atoms with E-state index in [2.05, 4.69) is 37.2 Å². The van der Waals surface area contributed by atoms with Gasteiger partial charge in [-0.1, -0.05) is 57.0 Å². The van der Waals surface area contributed by atoms with Crippen LogP contribution in [0.1, 0.15) is 30.5 Å². The number of nitrogens with one attached hydrogen (secondary N) is 1. The lowest BCUT2D eigenvalue weighted by atomic mass is 9.98. The van der Waals surface area contributed by atoms with Gasteiger partial charge in [-0.15, -0.1) is 0 Å². The van der Waals surface area contributed by atoms with Crippen LogP contribution >= 0.6 is 31.9 Å². The van der Waals surface area contributed by atoms with Crippen molar-refractivity contribution in [3.63, 3.8) is 0 Å². The third-order valence-corrected chi connectivity index (χ3v) is 4.34. The molecule has 1 atom stereocenters. The Hall–Kier alpha value is -0.780. The topological polar surface area (TPSA) is 12.0 Å². The van der Waals surface area contributed by atoms with Crippen LogP contribution in [0.5, 0.6) is 0 Å². The average molecular weight is 419 g/mol. The van der Waals surface area contributed by atoms with Gasteiger partial charge in [-0.25, -0.2) is 8.78 Å². The largest absolute Gasteiger partial charge is 0.306 e. The quantitative estimate of drug-likeness (QED) is 0.668. The Morgan fingerprint density at radius 1 is 1.10 bits per heavy atom. The Morgan fingerprint density at radius 2 is 1.86 bits per heavy atom. The maximum absolute atomic E-state index is 14.1. The average Bonchev–Trinajstić information content (AvgIpc) is 2.45. The summed E-state index contributed by atoms with van der Waals surface area (Å²) < 4.78 is 29.4. The van der Waals surface area contributed by atoms with Crippen LogP contribution in [0.2, 0.25) is 0 Å². The van der Waals surface area contributed by atoms with Crippen molar-refractivity contribution in [1.82, 2.24) is 5.32 Å². The summed E-state index contributed by atoms with van der Waals surface area (Å²) in [6, 6.07) is 9.55. The van der Waals surface area contributed by atoms with Gasteiger partial charge in [0, 0.05) is 14.5 Å². The molecule has 0 radical (unpaired) electrons. The van der Waals surface area contributed by atoms with Gasteiger partial charge >= 0.3 is 0 Å². The predicted octanol–water partition coefficient (Wildman–Crippen LogP) is 5.58. The van der Waals surface area contributed by atoms with Crippen LogP contribution in [0.25, 0.3) is 0 Å². The smallest absolute Gasteiger partial charge is 0.163 e. The fraction of sp³-hybridized carbons (Fsp3) is 0.250. The third-order valence-electron chi connectivity index (χ3n) is 3.16. The lowest BCUT2D eigenvalue weighted by Gasteiger charge is -2.21. The molecule has 5 heteroatoms. The Morgan fingerprint density at radius 3 is 2.52 bits per heavy atom. The van der Waals surface area contributed by atoms with E-state index in [1.807, 2.05) is 25.1 Å². The first kappa shape index (κ1) is 16.6. The zero-order valence-corrected chi connectivity index (χ0v) is 14.6. The van der Waals surface area contributed by atoms with Gasteiger partial charge in [-0.05, 0) is 36.7 Å². The van der Waals surface area contributed by atoms with E-state index in [9.17, 15) is 8.78 Å². The lowest BCUT2D eigenvalue weighted by Crippen LogP contribution is -2.24. The zero-order valence-electron chi connectivity index (χ0n) is 11.5.